The summed E-state index contributed by atoms with van der Waals surface area (Å²) in [4.78, 5) is 13.5. The molecule has 0 fully saturated rings. The predicted octanol–water partition coefficient (Wildman–Crippen LogP) is 0.448. The van der Waals surface area contributed by atoms with Gasteiger partial charge in [0.2, 0.25) is 5.91 Å². The monoisotopic (exact) mass is 172 g/mol. The molecule has 1 atom stereocenters. The maximum atomic E-state index is 11.0. The Morgan fingerprint density at radius 2 is 2.50 bits per heavy atom. The molecule has 0 radical (unpaired) electrons. The second-order valence-electron chi connectivity index (χ2n) is 2.16. The van der Waals surface area contributed by atoms with Gasteiger partial charge < -0.3 is 10.1 Å². The molecular formula is C6H12N4O2. The molecule has 12 heavy (non-hydrogen) atoms. The van der Waals surface area contributed by atoms with Gasteiger partial charge in [-0.25, -0.2) is 0 Å². The summed E-state index contributed by atoms with van der Waals surface area (Å²) in [6.07, 6.45) is 0. The zero-order chi connectivity index (χ0) is 9.40. The highest BCUT2D eigenvalue weighted by molar-refractivity contribution is 5.81. The molecule has 1 amide bonds. The highest BCUT2D eigenvalue weighted by Crippen LogP contribution is 1.88. The van der Waals surface area contributed by atoms with Gasteiger partial charge in [-0.3, -0.25) is 4.79 Å². The molecule has 6 heteroatoms. The van der Waals surface area contributed by atoms with Gasteiger partial charge in [0.1, 0.15) is 6.04 Å². The fourth-order valence-corrected chi connectivity index (χ4v) is 0.554. The number of hydrogen-bond donors (Lipinski definition) is 1. The molecule has 1 N–H and O–H groups in total. The van der Waals surface area contributed by atoms with Crippen molar-refractivity contribution >= 4 is 5.91 Å². The minimum absolute atomic E-state index is 0.287. The van der Waals surface area contributed by atoms with E-state index in [0.29, 0.717) is 13.2 Å². The topological polar surface area (TPSA) is 87.1 Å². The minimum atomic E-state index is -0.660. The Kier molecular flexibility index (Phi) is 5.77. The van der Waals surface area contributed by atoms with Crippen LogP contribution in [0, 0.1) is 0 Å². The van der Waals surface area contributed by atoms with E-state index < -0.39 is 6.04 Å². The van der Waals surface area contributed by atoms with Crippen LogP contribution < -0.4 is 5.32 Å². The Bertz CT molecular complexity index is 188. The van der Waals surface area contributed by atoms with Crippen LogP contribution in [0.5, 0.6) is 0 Å². The summed E-state index contributed by atoms with van der Waals surface area (Å²) in [6.45, 7) is 2.41. The first kappa shape index (κ1) is 10.7. The molecule has 0 saturated heterocycles. The van der Waals surface area contributed by atoms with Gasteiger partial charge in [-0.2, -0.15) is 0 Å². The van der Waals surface area contributed by atoms with Gasteiger partial charge >= 0.3 is 0 Å². The third kappa shape index (κ3) is 4.54. The molecule has 0 aliphatic heterocycles. The number of amides is 1. The fourth-order valence-electron chi connectivity index (χ4n) is 0.554. The van der Waals surface area contributed by atoms with Crippen LogP contribution in [0.2, 0.25) is 0 Å². The quantitative estimate of drug-likeness (QED) is 0.282. The van der Waals surface area contributed by atoms with Crippen molar-refractivity contribution in [1.82, 2.24) is 5.32 Å². The van der Waals surface area contributed by atoms with Crippen LogP contribution in [0.1, 0.15) is 6.92 Å². The van der Waals surface area contributed by atoms with Gasteiger partial charge in [-0.1, -0.05) is 5.11 Å². The van der Waals surface area contributed by atoms with Crippen LogP contribution in [0.4, 0.5) is 0 Å². The van der Waals surface area contributed by atoms with Crippen molar-refractivity contribution in [2.24, 2.45) is 5.11 Å². The van der Waals surface area contributed by atoms with Crippen molar-refractivity contribution in [2.45, 2.75) is 13.0 Å². The van der Waals surface area contributed by atoms with Crippen LogP contribution in [0.25, 0.3) is 10.4 Å². The molecule has 0 aromatic rings. The molecule has 0 rings (SSSR count). The van der Waals surface area contributed by atoms with Crippen LogP contribution in [0.3, 0.4) is 0 Å². The van der Waals surface area contributed by atoms with Gasteiger partial charge in [0.25, 0.3) is 0 Å². The summed E-state index contributed by atoms with van der Waals surface area (Å²) >= 11 is 0. The minimum Gasteiger partial charge on any atom is -0.383 e. The number of methoxy groups -OCH3 is 1. The molecule has 0 saturated carbocycles. The number of carbonyl (C=O) groups is 1. The van der Waals surface area contributed by atoms with Gasteiger partial charge in [0, 0.05) is 18.6 Å². The van der Waals surface area contributed by atoms with Crippen LogP contribution in [0.15, 0.2) is 5.11 Å². The average molecular weight is 172 g/mol. The van der Waals surface area contributed by atoms with Crippen molar-refractivity contribution < 1.29 is 9.53 Å². The molecular weight excluding hydrogens is 160 g/mol. The van der Waals surface area contributed by atoms with Crippen molar-refractivity contribution in [3.05, 3.63) is 10.4 Å². The van der Waals surface area contributed by atoms with Crippen LogP contribution >= 0.6 is 0 Å². The summed E-state index contributed by atoms with van der Waals surface area (Å²) in [6, 6.07) is -0.660. The highest BCUT2D eigenvalue weighted by Gasteiger charge is 2.08. The van der Waals surface area contributed by atoms with E-state index in [1.54, 1.807) is 7.11 Å². The van der Waals surface area contributed by atoms with Crippen LogP contribution in [-0.4, -0.2) is 32.2 Å². The Balaban J connectivity index is 3.64. The van der Waals surface area contributed by atoms with E-state index >= 15 is 0 Å². The molecule has 68 valence electrons. The molecule has 0 spiro atoms. The van der Waals surface area contributed by atoms with E-state index in [1.165, 1.54) is 6.92 Å². The van der Waals surface area contributed by atoms with Gasteiger partial charge in [-0.15, -0.1) is 0 Å². The van der Waals surface area contributed by atoms with Gasteiger partial charge in [0.15, 0.2) is 0 Å². The lowest BCUT2D eigenvalue weighted by Crippen LogP contribution is -2.33. The summed E-state index contributed by atoms with van der Waals surface area (Å²) in [5.41, 5.74) is 8.01. The fraction of sp³-hybridized carbons (Fsp3) is 0.833. The van der Waals surface area contributed by atoms with Crippen molar-refractivity contribution in [3.63, 3.8) is 0 Å². The molecule has 0 aliphatic carbocycles. The van der Waals surface area contributed by atoms with E-state index in [2.05, 4.69) is 15.3 Å². The molecule has 0 aromatic heterocycles. The Morgan fingerprint density at radius 1 is 1.83 bits per heavy atom. The second kappa shape index (κ2) is 6.45. The molecule has 0 bridgehead atoms. The Hall–Kier alpha value is -1.26. The van der Waals surface area contributed by atoms with Crippen LogP contribution in [-0.2, 0) is 9.53 Å². The lowest BCUT2D eigenvalue weighted by atomic mass is 10.3. The second-order valence-corrected chi connectivity index (χ2v) is 2.16. The number of rotatable bonds is 5. The first-order chi connectivity index (χ1) is 5.72. The Labute approximate surface area is 70.5 Å². The SMILES string of the molecule is COCCNC(=O)C(C)N=[N+]=[N-]. The lowest BCUT2D eigenvalue weighted by molar-refractivity contribution is -0.122. The third-order valence-electron chi connectivity index (χ3n) is 1.21. The van der Waals surface area contributed by atoms with Gasteiger partial charge in [-0.05, 0) is 12.5 Å². The van der Waals surface area contributed by atoms with E-state index in [9.17, 15) is 4.79 Å². The van der Waals surface area contributed by atoms with E-state index in [0.717, 1.165) is 0 Å². The molecule has 0 aliphatic rings. The maximum Gasteiger partial charge on any atom is 0.228 e. The van der Waals surface area contributed by atoms with Crippen molar-refractivity contribution in [3.8, 4) is 0 Å². The average Bonchev–Trinajstić information content (AvgIpc) is 2.05. The predicted molar refractivity (Wildman–Crippen MR) is 43.5 cm³/mol. The summed E-state index contributed by atoms with van der Waals surface area (Å²) in [5.74, 6) is -0.287. The summed E-state index contributed by atoms with van der Waals surface area (Å²) in [7, 11) is 1.54. The van der Waals surface area contributed by atoms with E-state index in [1.807, 2.05) is 0 Å². The van der Waals surface area contributed by atoms with E-state index in [-0.39, 0.29) is 5.91 Å². The van der Waals surface area contributed by atoms with E-state index in [4.69, 9.17) is 10.3 Å². The summed E-state index contributed by atoms with van der Waals surface area (Å²) < 4.78 is 4.71. The maximum absolute atomic E-state index is 11.0. The summed E-state index contributed by atoms with van der Waals surface area (Å²) in [5, 5.41) is 5.77. The first-order valence-electron chi connectivity index (χ1n) is 3.53. The van der Waals surface area contributed by atoms with Crippen molar-refractivity contribution in [2.75, 3.05) is 20.3 Å². The molecule has 0 aromatic carbocycles. The van der Waals surface area contributed by atoms with Crippen molar-refractivity contribution in [1.29, 1.82) is 0 Å². The smallest absolute Gasteiger partial charge is 0.228 e. The number of carbonyl (C=O) groups excluding carboxylic acids is 1. The largest absolute Gasteiger partial charge is 0.383 e. The number of hydrogen-bond acceptors (Lipinski definition) is 3. The lowest BCUT2D eigenvalue weighted by Gasteiger charge is -2.05. The molecule has 1 unspecified atom stereocenters. The number of nitrogens with one attached hydrogen (secondary N) is 1. The number of ether oxygens (including phenoxy) is 1. The Morgan fingerprint density at radius 3 is 3.00 bits per heavy atom. The third-order valence-corrected chi connectivity index (χ3v) is 1.21. The number of azide groups is 1. The standard InChI is InChI=1S/C6H12N4O2/c1-5(9-10-7)6(11)8-3-4-12-2/h5H,3-4H2,1-2H3,(H,8,11). The zero-order valence-corrected chi connectivity index (χ0v) is 7.15. The normalized spacial score (nSPS) is 11.5. The first-order valence-corrected chi connectivity index (χ1v) is 3.53. The van der Waals surface area contributed by atoms with Gasteiger partial charge in [0.05, 0.1) is 6.61 Å². The zero-order valence-electron chi connectivity index (χ0n) is 7.15. The molecule has 0 heterocycles. The number of nitrogens with zero attached hydrogens (tertiary/aromatic N) is 3. The highest BCUT2D eigenvalue weighted by atomic mass is 16.5. The molecule has 6 nitrogen and oxygen atoms in total.